The Labute approximate surface area is 81.8 Å². The Morgan fingerprint density at radius 1 is 1.47 bits per heavy atom. The standard InChI is InChI=1S/C5H3N3.C2HF3O2/c6-3-5-1-2-7-8-4-5;3-2(4,5)1(6)7/h1-2,4H;(H,6,7). The Hall–Kier alpha value is -2.17. The molecule has 0 saturated heterocycles. The summed E-state index contributed by atoms with van der Waals surface area (Å²) in [4.78, 5) is 8.90. The van der Waals surface area contributed by atoms with Crippen molar-refractivity contribution in [3.05, 3.63) is 24.0 Å². The van der Waals surface area contributed by atoms with Crippen LogP contribution in [0.25, 0.3) is 0 Å². The molecule has 0 fully saturated rings. The number of nitriles is 1. The predicted molar refractivity (Wildman–Crippen MR) is 40.4 cm³/mol. The maximum atomic E-state index is 10.6. The van der Waals surface area contributed by atoms with E-state index in [0.717, 1.165) is 0 Å². The lowest BCUT2D eigenvalue weighted by Crippen LogP contribution is -2.21. The van der Waals surface area contributed by atoms with E-state index in [9.17, 15) is 13.2 Å². The first-order valence-electron chi connectivity index (χ1n) is 3.35. The first kappa shape index (κ1) is 12.8. The van der Waals surface area contributed by atoms with Gasteiger partial charge in [0.05, 0.1) is 18.0 Å². The summed E-state index contributed by atoms with van der Waals surface area (Å²) in [7, 11) is 0. The molecule has 1 rings (SSSR count). The molecule has 0 saturated carbocycles. The second-order valence-corrected chi connectivity index (χ2v) is 2.05. The molecule has 0 atom stereocenters. The monoisotopic (exact) mass is 219 g/mol. The average Bonchev–Trinajstić information content (AvgIpc) is 2.18. The molecule has 0 unspecified atom stereocenters. The number of aromatic nitrogens is 2. The second kappa shape index (κ2) is 5.54. The van der Waals surface area contributed by atoms with E-state index in [0.29, 0.717) is 5.56 Å². The van der Waals surface area contributed by atoms with Crippen LogP contribution in [0.15, 0.2) is 18.5 Å². The van der Waals surface area contributed by atoms with Gasteiger partial charge in [-0.3, -0.25) is 0 Å². The lowest BCUT2D eigenvalue weighted by atomic mass is 10.4. The molecule has 0 aliphatic rings. The maximum Gasteiger partial charge on any atom is 0.490 e. The molecule has 15 heavy (non-hydrogen) atoms. The van der Waals surface area contributed by atoms with Crippen molar-refractivity contribution in [1.82, 2.24) is 10.2 Å². The van der Waals surface area contributed by atoms with Crippen LogP contribution >= 0.6 is 0 Å². The summed E-state index contributed by atoms with van der Waals surface area (Å²) < 4.78 is 31.7. The highest BCUT2D eigenvalue weighted by atomic mass is 19.4. The Bertz CT molecular complexity index is 358. The van der Waals surface area contributed by atoms with Crippen LogP contribution in [0.5, 0.6) is 0 Å². The molecule has 0 aliphatic heterocycles. The second-order valence-electron chi connectivity index (χ2n) is 2.05. The highest BCUT2D eigenvalue weighted by molar-refractivity contribution is 5.73. The van der Waals surface area contributed by atoms with Crippen LogP contribution in [-0.2, 0) is 4.79 Å². The number of carbonyl (C=O) groups is 1. The Morgan fingerprint density at radius 2 is 2.00 bits per heavy atom. The predicted octanol–water partition coefficient (Wildman–Crippen LogP) is 0.982. The fourth-order valence-corrected chi connectivity index (χ4v) is 0.357. The number of hydrogen-bond acceptors (Lipinski definition) is 4. The number of carboxylic acid groups (broad SMARTS) is 1. The van der Waals surface area contributed by atoms with Crippen LogP contribution in [0, 0.1) is 11.3 Å². The molecule has 8 heteroatoms. The molecule has 0 spiro atoms. The largest absolute Gasteiger partial charge is 0.490 e. The minimum Gasteiger partial charge on any atom is -0.475 e. The number of aliphatic carboxylic acids is 1. The van der Waals surface area contributed by atoms with Crippen molar-refractivity contribution in [1.29, 1.82) is 5.26 Å². The summed E-state index contributed by atoms with van der Waals surface area (Å²) in [5.41, 5.74) is 0.542. The third kappa shape index (κ3) is 5.98. The fraction of sp³-hybridized carbons (Fsp3) is 0.143. The van der Waals surface area contributed by atoms with Crippen LogP contribution in [0.2, 0.25) is 0 Å². The summed E-state index contributed by atoms with van der Waals surface area (Å²) in [5, 5.41) is 22.3. The average molecular weight is 219 g/mol. The van der Waals surface area contributed by atoms with Crippen LogP contribution in [0.3, 0.4) is 0 Å². The normalized spacial score (nSPS) is 9.47. The van der Waals surface area contributed by atoms with Gasteiger partial charge >= 0.3 is 12.1 Å². The summed E-state index contributed by atoms with van der Waals surface area (Å²) in [5.74, 6) is -2.76. The molecule has 1 N–H and O–H groups in total. The number of nitrogens with zero attached hydrogens (tertiary/aromatic N) is 3. The molecule has 0 aromatic carbocycles. The first-order chi connectivity index (χ1) is 6.88. The minimum absolute atomic E-state index is 0.542. The van der Waals surface area contributed by atoms with Gasteiger partial charge in [-0.2, -0.15) is 28.6 Å². The molecule has 1 heterocycles. The third-order valence-corrected chi connectivity index (χ3v) is 0.956. The van der Waals surface area contributed by atoms with E-state index in [1.165, 1.54) is 12.4 Å². The Morgan fingerprint density at radius 3 is 2.20 bits per heavy atom. The van der Waals surface area contributed by atoms with Gasteiger partial charge in [0.2, 0.25) is 0 Å². The Balaban J connectivity index is 0.000000265. The van der Waals surface area contributed by atoms with Crippen molar-refractivity contribution < 1.29 is 23.1 Å². The Kier molecular flexibility index (Phi) is 4.74. The maximum absolute atomic E-state index is 10.6. The van der Waals surface area contributed by atoms with Crippen molar-refractivity contribution in [3.8, 4) is 6.07 Å². The fourth-order valence-electron chi connectivity index (χ4n) is 0.357. The quantitative estimate of drug-likeness (QED) is 0.702. The minimum atomic E-state index is -5.08. The summed E-state index contributed by atoms with van der Waals surface area (Å²) >= 11 is 0. The molecule has 0 amide bonds. The van der Waals surface area contributed by atoms with Gasteiger partial charge in [-0.15, -0.1) is 0 Å². The van der Waals surface area contributed by atoms with Crippen LogP contribution in [-0.4, -0.2) is 27.4 Å². The van der Waals surface area contributed by atoms with Gasteiger partial charge in [-0.05, 0) is 6.07 Å². The molecule has 0 radical (unpaired) electrons. The van der Waals surface area contributed by atoms with Gasteiger partial charge in [-0.25, -0.2) is 4.79 Å². The van der Waals surface area contributed by atoms with Gasteiger partial charge in [-0.1, -0.05) is 0 Å². The van der Waals surface area contributed by atoms with E-state index in [1.807, 2.05) is 6.07 Å². The van der Waals surface area contributed by atoms with Gasteiger partial charge < -0.3 is 5.11 Å². The van der Waals surface area contributed by atoms with E-state index in [4.69, 9.17) is 15.2 Å². The van der Waals surface area contributed by atoms with E-state index < -0.39 is 12.1 Å². The number of rotatable bonds is 0. The zero-order valence-electron chi connectivity index (χ0n) is 7.06. The van der Waals surface area contributed by atoms with Crippen molar-refractivity contribution in [3.63, 3.8) is 0 Å². The molecule has 80 valence electrons. The molecule has 0 aliphatic carbocycles. The van der Waals surface area contributed by atoms with Gasteiger partial charge in [0.25, 0.3) is 0 Å². The van der Waals surface area contributed by atoms with E-state index in [1.54, 1.807) is 6.07 Å². The lowest BCUT2D eigenvalue weighted by molar-refractivity contribution is -0.192. The van der Waals surface area contributed by atoms with Gasteiger partial charge in [0.1, 0.15) is 6.07 Å². The van der Waals surface area contributed by atoms with E-state index in [2.05, 4.69) is 10.2 Å². The number of halogens is 3. The van der Waals surface area contributed by atoms with Crippen molar-refractivity contribution in [2.75, 3.05) is 0 Å². The molecular formula is C7H4F3N3O2. The van der Waals surface area contributed by atoms with E-state index in [-0.39, 0.29) is 0 Å². The zero-order chi connectivity index (χ0) is 11.9. The smallest absolute Gasteiger partial charge is 0.475 e. The van der Waals surface area contributed by atoms with Crippen LogP contribution in [0.1, 0.15) is 5.56 Å². The number of hydrogen-bond donors (Lipinski definition) is 1. The topological polar surface area (TPSA) is 86.9 Å². The molecular weight excluding hydrogens is 215 g/mol. The van der Waals surface area contributed by atoms with Gasteiger partial charge in [0, 0.05) is 0 Å². The molecule has 5 nitrogen and oxygen atoms in total. The van der Waals surface area contributed by atoms with Crippen molar-refractivity contribution in [2.24, 2.45) is 0 Å². The van der Waals surface area contributed by atoms with Gasteiger partial charge in [0.15, 0.2) is 0 Å². The molecule has 1 aromatic heterocycles. The number of alkyl halides is 3. The van der Waals surface area contributed by atoms with Crippen LogP contribution in [0.4, 0.5) is 13.2 Å². The summed E-state index contributed by atoms with van der Waals surface area (Å²) in [6.07, 6.45) is -2.18. The summed E-state index contributed by atoms with van der Waals surface area (Å²) in [6.45, 7) is 0. The highest BCUT2D eigenvalue weighted by Crippen LogP contribution is 2.13. The first-order valence-corrected chi connectivity index (χ1v) is 3.35. The van der Waals surface area contributed by atoms with Crippen LogP contribution < -0.4 is 0 Å². The third-order valence-electron chi connectivity index (χ3n) is 0.956. The number of carboxylic acids is 1. The summed E-state index contributed by atoms with van der Waals surface area (Å²) in [6, 6.07) is 3.53. The van der Waals surface area contributed by atoms with Crippen molar-refractivity contribution >= 4 is 5.97 Å². The van der Waals surface area contributed by atoms with E-state index >= 15 is 0 Å². The lowest BCUT2D eigenvalue weighted by Gasteiger charge is -1.93. The highest BCUT2D eigenvalue weighted by Gasteiger charge is 2.38. The SMILES string of the molecule is N#Cc1ccnnc1.O=C(O)C(F)(F)F. The molecule has 1 aromatic rings. The zero-order valence-corrected chi connectivity index (χ0v) is 7.06. The molecule has 0 bridgehead atoms. The van der Waals surface area contributed by atoms with Crippen molar-refractivity contribution in [2.45, 2.75) is 6.18 Å².